The lowest BCUT2D eigenvalue weighted by Gasteiger charge is -2.32. The molecule has 1 atom stereocenters. The van der Waals surface area contributed by atoms with Crippen LogP contribution in [0.25, 0.3) is 10.9 Å². The summed E-state index contributed by atoms with van der Waals surface area (Å²) in [5, 5.41) is 12.9. The molecule has 0 spiro atoms. The zero-order valence-electron chi connectivity index (χ0n) is 17.2. The first-order valence-electron chi connectivity index (χ1n) is 10.0. The van der Waals surface area contributed by atoms with E-state index in [9.17, 15) is 31.9 Å². The van der Waals surface area contributed by atoms with E-state index in [0.29, 0.717) is 49.1 Å². The standard InChI is InChI=1S/C21H23F5N2O4.H2/c1-20(30,21(24,25)26)11-31-15-6-3-14(4-7-15)28-18(29)13-8-12-2-5-16(32-19(22)23)9-17(12)27-10-13;/h2,5,8-10,14-15,19,30H,3-4,6-7,11H2,1H3,(H,28,29);1H. The van der Waals surface area contributed by atoms with Gasteiger partial charge in [0.15, 0.2) is 5.60 Å². The molecule has 1 fully saturated rings. The Bertz CT molecular complexity index is 950. The van der Waals surface area contributed by atoms with Gasteiger partial charge in [-0.05, 0) is 50.8 Å². The van der Waals surface area contributed by atoms with Crippen LogP contribution in [-0.2, 0) is 4.74 Å². The van der Waals surface area contributed by atoms with E-state index in [1.807, 2.05) is 0 Å². The van der Waals surface area contributed by atoms with E-state index in [4.69, 9.17) is 4.74 Å². The fourth-order valence-electron chi connectivity index (χ4n) is 3.41. The highest BCUT2D eigenvalue weighted by Crippen LogP contribution is 2.31. The number of halogens is 5. The second-order valence-electron chi connectivity index (χ2n) is 7.99. The predicted octanol–water partition coefficient (Wildman–Crippen LogP) is 4.45. The molecule has 1 unspecified atom stereocenters. The molecule has 1 saturated carbocycles. The lowest BCUT2D eigenvalue weighted by atomic mass is 9.92. The summed E-state index contributed by atoms with van der Waals surface area (Å²) in [6.07, 6.45) is -1.95. The van der Waals surface area contributed by atoms with Gasteiger partial charge in [-0.2, -0.15) is 22.0 Å². The first-order chi connectivity index (χ1) is 14.9. The number of nitrogens with one attached hydrogen (secondary N) is 1. The predicted molar refractivity (Wildman–Crippen MR) is 107 cm³/mol. The summed E-state index contributed by atoms with van der Waals surface area (Å²) in [7, 11) is 0. The van der Waals surface area contributed by atoms with Gasteiger partial charge in [-0.3, -0.25) is 9.78 Å². The number of carbonyl (C=O) groups excluding carboxylic acids is 1. The van der Waals surface area contributed by atoms with Gasteiger partial charge < -0.3 is 19.9 Å². The molecule has 0 saturated heterocycles. The van der Waals surface area contributed by atoms with Crippen LogP contribution in [0.4, 0.5) is 22.0 Å². The van der Waals surface area contributed by atoms with Crippen LogP contribution in [0.2, 0.25) is 0 Å². The van der Waals surface area contributed by atoms with Crippen molar-refractivity contribution in [3.63, 3.8) is 0 Å². The Morgan fingerprint density at radius 1 is 1.25 bits per heavy atom. The topological polar surface area (TPSA) is 80.7 Å². The molecule has 6 nitrogen and oxygen atoms in total. The number of aromatic nitrogens is 1. The van der Waals surface area contributed by atoms with Gasteiger partial charge in [-0.15, -0.1) is 0 Å². The van der Waals surface area contributed by atoms with Crippen molar-refractivity contribution in [2.45, 2.75) is 63.1 Å². The first kappa shape index (κ1) is 24.1. The largest absolute Gasteiger partial charge is 0.435 e. The molecule has 1 aliphatic rings. The Morgan fingerprint density at radius 2 is 1.94 bits per heavy atom. The normalized spacial score (nSPS) is 21.4. The van der Waals surface area contributed by atoms with Crippen LogP contribution in [0.1, 0.15) is 44.4 Å². The first-order valence-corrected chi connectivity index (χ1v) is 10.0. The number of hydrogen-bond donors (Lipinski definition) is 2. The highest BCUT2D eigenvalue weighted by molar-refractivity contribution is 5.97. The Labute approximate surface area is 182 Å². The van der Waals surface area contributed by atoms with E-state index in [0.717, 1.165) is 0 Å². The van der Waals surface area contributed by atoms with Crippen LogP contribution < -0.4 is 10.1 Å². The van der Waals surface area contributed by atoms with Crippen LogP contribution in [0, 0.1) is 0 Å². The summed E-state index contributed by atoms with van der Waals surface area (Å²) in [6, 6.07) is 5.63. The SMILES string of the molecule is CC(O)(COC1CCC(NC(=O)c2cnc3cc(OC(F)F)ccc3c2)CC1)C(F)(F)F.[HH]. The zero-order valence-corrected chi connectivity index (χ0v) is 17.2. The number of amides is 1. The number of fused-ring (bicyclic) bond motifs is 1. The van der Waals surface area contributed by atoms with Gasteiger partial charge in [0.1, 0.15) is 5.75 Å². The third-order valence-corrected chi connectivity index (χ3v) is 5.36. The van der Waals surface area contributed by atoms with Crippen LogP contribution in [0.3, 0.4) is 0 Å². The molecule has 0 aliphatic heterocycles. The molecule has 3 rings (SSSR count). The average Bonchev–Trinajstić information content (AvgIpc) is 2.71. The van der Waals surface area contributed by atoms with Gasteiger partial charge in [-0.1, -0.05) is 0 Å². The number of hydrogen-bond acceptors (Lipinski definition) is 5. The Balaban J connectivity index is 0.00000385. The maximum atomic E-state index is 12.7. The van der Waals surface area contributed by atoms with Crippen molar-refractivity contribution in [3.05, 3.63) is 36.0 Å². The highest BCUT2D eigenvalue weighted by atomic mass is 19.4. The highest BCUT2D eigenvalue weighted by Gasteiger charge is 2.50. The number of benzene rings is 1. The molecular weight excluding hydrogens is 439 g/mol. The molecule has 2 aromatic rings. The summed E-state index contributed by atoms with van der Waals surface area (Å²) >= 11 is 0. The molecule has 1 aliphatic carbocycles. The molecule has 32 heavy (non-hydrogen) atoms. The quantitative estimate of drug-likeness (QED) is 0.592. The fourth-order valence-corrected chi connectivity index (χ4v) is 3.41. The minimum Gasteiger partial charge on any atom is -0.435 e. The van der Waals surface area contributed by atoms with E-state index >= 15 is 0 Å². The molecule has 0 radical (unpaired) electrons. The van der Waals surface area contributed by atoms with E-state index < -0.39 is 31.1 Å². The number of carbonyl (C=O) groups is 1. The Kier molecular flexibility index (Phi) is 7.19. The maximum Gasteiger partial charge on any atom is 0.419 e. The van der Waals surface area contributed by atoms with E-state index in [-0.39, 0.29) is 19.1 Å². The monoisotopic (exact) mass is 464 g/mol. The summed E-state index contributed by atoms with van der Waals surface area (Å²) in [5.74, 6) is -0.399. The average molecular weight is 464 g/mol. The molecule has 1 heterocycles. The van der Waals surface area contributed by atoms with Gasteiger partial charge in [0.25, 0.3) is 5.91 Å². The van der Waals surface area contributed by atoms with Crippen molar-refractivity contribution in [2.75, 3.05) is 6.61 Å². The van der Waals surface area contributed by atoms with Crippen molar-refractivity contribution in [2.24, 2.45) is 0 Å². The van der Waals surface area contributed by atoms with Crippen molar-refractivity contribution < 1.29 is 42.8 Å². The van der Waals surface area contributed by atoms with Crippen LogP contribution >= 0.6 is 0 Å². The van der Waals surface area contributed by atoms with Crippen LogP contribution in [-0.4, -0.2) is 53.1 Å². The van der Waals surface area contributed by atoms with Gasteiger partial charge >= 0.3 is 12.8 Å². The van der Waals surface area contributed by atoms with Gasteiger partial charge in [0.2, 0.25) is 0 Å². The van der Waals surface area contributed by atoms with Crippen molar-refractivity contribution in [3.8, 4) is 5.75 Å². The summed E-state index contributed by atoms with van der Waals surface area (Å²) in [5.41, 5.74) is -2.22. The van der Waals surface area contributed by atoms with E-state index in [1.54, 1.807) is 6.07 Å². The van der Waals surface area contributed by atoms with Crippen LogP contribution in [0.15, 0.2) is 30.5 Å². The Hall–Kier alpha value is -2.53. The minimum absolute atomic E-state index is 0. The van der Waals surface area contributed by atoms with Gasteiger partial charge in [0, 0.05) is 25.1 Å². The molecule has 178 valence electrons. The molecule has 1 aromatic carbocycles. The van der Waals surface area contributed by atoms with Crippen molar-refractivity contribution in [1.29, 1.82) is 0 Å². The lowest BCUT2D eigenvalue weighted by Crippen LogP contribution is -2.47. The van der Waals surface area contributed by atoms with Crippen molar-refractivity contribution >= 4 is 16.8 Å². The number of aliphatic hydroxyl groups is 1. The molecule has 2 N–H and O–H groups in total. The summed E-state index contributed by atoms with van der Waals surface area (Å²) < 4.78 is 72.3. The third-order valence-electron chi connectivity index (χ3n) is 5.36. The van der Waals surface area contributed by atoms with E-state index in [2.05, 4.69) is 15.0 Å². The van der Waals surface area contributed by atoms with Crippen LogP contribution in [0.5, 0.6) is 5.75 Å². The van der Waals surface area contributed by atoms with Gasteiger partial charge in [-0.25, -0.2) is 0 Å². The molecule has 0 bridgehead atoms. The fraction of sp³-hybridized carbons (Fsp3) is 0.524. The number of alkyl halides is 5. The molecular formula is C21H25F5N2O4. The number of ether oxygens (including phenoxy) is 2. The zero-order chi connectivity index (χ0) is 23.5. The lowest BCUT2D eigenvalue weighted by molar-refractivity contribution is -0.271. The molecule has 11 heteroatoms. The number of rotatable bonds is 7. The smallest absolute Gasteiger partial charge is 0.419 e. The van der Waals surface area contributed by atoms with Crippen molar-refractivity contribution in [1.82, 2.24) is 10.3 Å². The summed E-state index contributed by atoms with van der Waals surface area (Å²) in [4.78, 5) is 16.7. The number of pyridine rings is 1. The second-order valence-corrected chi connectivity index (χ2v) is 7.99. The summed E-state index contributed by atoms with van der Waals surface area (Å²) in [6.45, 7) is -3.12. The Morgan fingerprint density at radius 3 is 2.56 bits per heavy atom. The molecule has 1 aromatic heterocycles. The molecule has 1 amide bonds. The second kappa shape index (κ2) is 9.53. The maximum absolute atomic E-state index is 12.7. The van der Waals surface area contributed by atoms with Gasteiger partial charge in [0.05, 0.1) is 23.8 Å². The minimum atomic E-state index is -4.77. The third kappa shape index (κ3) is 6.04. The number of nitrogens with zero attached hydrogens (tertiary/aromatic N) is 1. The van der Waals surface area contributed by atoms with E-state index in [1.165, 1.54) is 24.4 Å².